The summed E-state index contributed by atoms with van der Waals surface area (Å²) in [5, 5.41) is 2.06. The first-order chi connectivity index (χ1) is 11.6. The van der Waals surface area contributed by atoms with Gasteiger partial charge >= 0.3 is 0 Å². The van der Waals surface area contributed by atoms with E-state index in [-0.39, 0.29) is 5.91 Å². The van der Waals surface area contributed by atoms with Crippen LogP contribution in [-0.4, -0.2) is 32.9 Å². The molecule has 1 aliphatic heterocycles. The molecule has 5 heteroatoms. The van der Waals surface area contributed by atoms with Gasteiger partial charge in [0, 0.05) is 41.8 Å². The van der Waals surface area contributed by atoms with Crippen LogP contribution in [0.25, 0.3) is 0 Å². The second kappa shape index (κ2) is 7.51. The van der Waals surface area contributed by atoms with Crippen LogP contribution in [0.4, 0.5) is 0 Å². The van der Waals surface area contributed by atoms with E-state index in [9.17, 15) is 4.79 Å². The Balaban J connectivity index is 1.74. The highest BCUT2D eigenvalue weighted by Crippen LogP contribution is 2.28. The topological polar surface area (TPSA) is 38.1 Å². The lowest BCUT2D eigenvalue weighted by atomic mass is 9.97. The minimum Gasteiger partial charge on any atom is -0.336 e. The maximum Gasteiger partial charge on any atom is 0.255 e. The van der Waals surface area contributed by atoms with Crippen molar-refractivity contribution in [2.45, 2.75) is 65.5 Å². The van der Waals surface area contributed by atoms with Gasteiger partial charge in [0.05, 0.1) is 5.56 Å². The Labute approximate surface area is 148 Å². The lowest BCUT2D eigenvalue weighted by Gasteiger charge is -2.36. The van der Waals surface area contributed by atoms with Gasteiger partial charge in [0.1, 0.15) is 5.82 Å². The SMILES string of the molecule is CCc1c(C(=O)N2CCCCC2CCn2ccnc2C)csc1C. The number of hydrogen-bond acceptors (Lipinski definition) is 3. The Kier molecular flexibility index (Phi) is 5.39. The molecule has 0 aliphatic carbocycles. The molecule has 2 aromatic rings. The molecule has 0 saturated carbocycles. The van der Waals surface area contributed by atoms with Crippen molar-refractivity contribution < 1.29 is 4.79 Å². The predicted octanol–water partition coefficient (Wildman–Crippen LogP) is 4.21. The van der Waals surface area contributed by atoms with Crippen LogP contribution in [0.5, 0.6) is 0 Å². The van der Waals surface area contributed by atoms with Gasteiger partial charge in [0.15, 0.2) is 0 Å². The molecule has 0 N–H and O–H groups in total. The molecule has 24 heavy (non-hydrogen) atoms. The van der Waals surface area contributed by atoms with E-state index in [0.29, 0.717) is 6.04 Å². The first-order valence-corrected chi connectivity index (χ1v) is 9.85. The molecule has 3 rings (SSSR count). The van der Waals surface area contributed by atoms with E-state index in [1.165, 1.54) is 16.9 Å². The summed E-state index contributed by atoms with van der Waals surface area (Å²) in [6.07, 6.45) is 9.28. The number of aryl methyl sites for hydroxylation is 3. The number of rotatable bonds is 5. The molecule has 4 nitrogen and oxygen atoms in total. The largest absolute Gasteiger partial charge is 0.336 e. The average Bonchev–Trinajstić information content (AvgIpc) is 3.17. The average molecular weight is 346 g/mol. The van der Waals surface area contributed by atoms with Gasteiger partial charge in [0.25, 0.3) is 5.91 Å². The summed E-state index contributed by atoms with van der Waals surface area (Å²) in [4.78, 5) is 20.9. The minimum atomic E-state index is 0.239. The van der Waals surface area contributed by atoms with Crippen molar-refractivity contribution in [3.63, 3.8) is 0 Å². The van der Waals surface area contributed by atoms with E-state index >= 15 is 0 Å². The van der Waals surface area contributed by atoms with Crippen LogP contribution < -0.4 is 0 Å². The van der Waals surface area contributed by atoms with E-state index in [2.05, 4.69) is 33.7 Å². The Morgan fingerprint density at radius 2 is 2.21 bits per heavy atom. The third kappa shape index (κ3) is 3.41. The molecule has 0 aromatic carbocycles. The molecule has 1 unspecified atom stereocenters. The second-order valence-electron chi connectivity index (χ2n) is 6.64. The molecular formula is C19H27N3OS. The van der Waals surface area contributed by atoms with Gasteiger partial charge in [-0.25, -0.2) is 4.98 Å². The number of amides is 1. The summed E-state index contributed by atoms with van der Waals surface area (Å²) in [6.45, 7) is 8.12. The summed E-state index contributed by atoms with van der Waals surface area (Å²) in [7, 11) is 0. The lowest BCUT2D eigenvalue weighted by Crippen LogP contribution is -2.44. The summed E-state index contributed by atoms with van der Waals surface area (Å²) in [6, 6.07) is 0.345. The summed E-state index contributed by atoms with van der Waals surface area (Å²) in [5.41, 5.74) is 2.17. The van der Waals surface area contributed by atoms with Crippen LogP contribution in [0.1, 0.15) is 59.2 Å². The molecule has 1 atom stereocenters. The quantitative estimate of drug-likeness (QED) is 0.814. The summed E-state index contributed by atoms with van der Waals surface area (Å²) >= 11 is 1.70. The van der Waals surface area contributed by atoms with Crippen molar-refractivity contribution in [3.8, 4) is 0 Å². The van der Waals surface area contributed by atoms with Crippen molar-refractivity contribution in [1.82, 2.24) is 14.5 Å². The Hall–Kier alpha value is -1.62. The summed E-state index contributed by atoms with van der Waals surface area (Å²) in [5.74, 6) is 1.29. The van der Waals surface area contributed by atoms with E-state index in [4.69, 9.17) is 0 Å². The maximum atomic E-state index is 13.1. The highest BCUT2D eigenvalue weighted by atomic mass is 32.1. The van der Waals surface area contributed by atoms with Crippen LogP contribution in [-0.2, 0) is 13.0 Å². The molecule has 1 saturated heterocycles. The zero-order valence-electron chi connectivity index (χ0n) is 14.9. The highest BCUT2D eigenvalue weighted by molar-refractivity contribution is 7.10. The Bertz CT molecular complexity index is 703. The standard InChI is InChI=1S/C19H27N3OS/c1-4-17-14(2)24-13-18(17)19(23)22-10-6-5-7-16(22)8-11-21-12-9-20-15(21)3/h9,12-13,16H,4-8,10-11H2,1-3H3. The van der Waals surface area contributed by atoms with Crippen molar-refractivity contribution in [3.05, 3.63) is 39.6 Å². The zero-order valence-corrected chi connectivity index (χ0v) is 15.7. The first-order valence-electron chi connectivity index (χ1n) is 8.97. The molecule has 130 valence electrons. The van der Waals surface area contributed by atoms with Crippen LogP contribution in [0.3, 0.4) is 0 Å². The zero-order chi connectivity index (χ0) is 17.1. The molecule has 0 bridgehead atoms. The maximum absolute atomic E-state index is 13.1. The Morgan fingerprint density at radius 3 is 2.92 bits per heavy atom. The molecule has 2 aromatic heterocycles. The number of likely N-dealkylation sites (tertiary alicyclic amines) is 1. The minimum absolute atomic E-state index is 0.239. The molecule has 3 heterocycles. The number of nitrogens with zero attached hydrogens (tertiary/aromatic N) is 3. The number of hydrogen-bond donors (Lipinski definition) is 0. The predicted molar refractivity (Wildman–Crippen MR) is 98.7 cm³/mol. The van der Waals surface area contributed by atoms with Crippen molar-refractivity contribution in [1.29, 1.82) is 0 Å². The van der Waals surface area contributed by atoms with E-state index in [1.54, 1.807) is 11.3 Å². The van der Waals surface area contributed by atoms with Gasteiger partial charge in [0.2, 0.25) is 0 Å². The first kappa shape index (κ1) is 17.2. The number of thiophene rings is 1. The van der Waals surface area contributed by atoms with Gasteiger partial charge in [-0.3, -0.25) is 4.79 Å². The smallest absolute Gasteiger partial charge is 0.255 e. The van der Waals surface area contributed by atoms with E-state index in [0.717, 1.165) is 50.2 Å². The number of piperidine rings is 1. The van der Waals surface area contributed by atoms with E-state index in [1.807, 2.05) is 19.3 Å². The molecule has 0 spiro atoms. The van der Waals surface area contributed by atoms with Crippen LogP contribution >= 0.6 is 11.3 Å². The molecular weight excluding hydrogens is 318 g/mol. The van der Waals surface area contributed by atoms with Gasteiger partial charge < -0.3 is 9.47 Å². The van der Waals surface area contributed by atoms with Crippen LogP contribution in [0.15, 0.2) is 17.8 Å². The number of carbonyl (C=O) groups excluding carboxylic acids is 1. The fourth-order valence-corrected chi connectivity index (χ4v) is 4.68. The molecule has 0 radical (unpaired) electrons. The fourth-order valence-electron chi connectivity index (χ4n) is 3.75. The third-order valence-corrected chi connectivity index (χ3v) is 6.16. The van der Waals surface area contributed by atoms with Gasteiger partial charge in [-0.05, 0) is 51.5 Å². The number of carbonyl (C=O) groups is 1. The molecule has 1 amide bonds. The van der Waals surface area contributed by atoms with Crippen LogP contribution in [0, 0.1) is 13.8 Å². The lowest BCUT2D eigenvalue weighted by molar-refractivity contribution is 0.0594. The Morgan fingerprint density at radius 1 is 1.38 bits per heavy atom. The molecule has 1 aliphatic rings. The van der Waals surface area contributed by atoms with Crippen molar-refractivity contribution in [2.75, 3.05) is 6.54 Å². The number of imidazole rings is 1. The normalized spacial score (nSPS) is 18.1. The summed E-state index contributed by atoms with van der Waals surface area (Å²) < 4.78 is 2.18. The monoisotopic (exact) mass is 345 g/mol. The van der Waals surface area contributed by atoms with Gasteiger partial charge in [-0.2, -0.15) is 0 Å². The van der Waals surface area contributed by atoms with Gasteiger partial charge in [-0.1, -0.05) is 6.92 Å². The highest BCUT2D eigenvalue weighted by Gasteiger charge is 2.29. The van der Waals surface area contributed by atoms with E-state index < -0.39 is 0 Å². The van der Waals surface area contributed by atoms with Crippen LogP contribution in [0.2, 0.25) is 0 Å². The van der Waals surface area contributed by atoms with Gasteiger partial charge in [-0.15, -0.1) is 11.3 Å². The van der Waals surface area contributed by atoms with Crippen molar-refractivity contribution >= 4 is 17.2 Å². The fraction of sp³-hybridized carbons (Fsp3) is 0.579. The third-order valence-electron chi connectivity index (χ3n) is 5.20. The molecule has 1 fully saturated rings. The second-order valence-corrected chi connectivity index (χ2v) is 7.73. The number of aromatic nitrogens is 2. The van der Waals surface area contributed by atoms with Crippen molar-refractivity contribution in [2.24, 2.45) is 0 Å².